The zero-order valence-corrected chi connectivity index (χ0v) is 14.7. The molecule has 1 saturated heterocycles. The average molecular weight is 356 g/mol. The van der Waals surface area contributed by atoms with E-state index in [1.54, 1.807) is 4.57 Å². The Morgan fingerprint density at radius 3 is 2.60 bits per heavy atom. The zero-order chi connectivity index (χ0) is 17.2. The fourth-order valence-corrected chi connectivity index (χ4v) is 4.19. The second-order valence-corrected chi connectivity index (χ2v) is 7.37. The molecule has 25 heavy (non-hydrogen) atoms. The fourth-order valence-electron chi connectivity index (χ4n) is 3.28. The summed E-state index contributed by atoms with van der Waals surface area (Å²) in [6.07, 6.45) is 5.13. The molecule has 0 spiro atoms. The number of hydrogen-bond donors (Lipinski definition) is 1. The first kappa shape index (κ1) is 16.2. The van der Waals surface area contributed by atoms with Gasteiger partial charge in [0.15, 0.2) is 5.16 Å². The van der Waals surface area contributed by atoms with Crippen LogP contribution in [0.5, 0.6) is 0 Å². The summed E-state index contributed by atoms with van der Waals surface area (Å²) in [7, 11) is 0. The van der Waals surface area contributed by atoms with E-state index in [0.717, 1.165) is 18.8 Å². The maximum Gasteiger partial charge on any atom is 0.267 e. The smallest absolute Gasteiger partial charge is 0.267 e. The summed E-state index contributed by atoms with van der Waals surface area (Å²) in [6.45, 7) is 2.78. The van der Waals surface area contributed by atoms with Crippen LogP contribution in [0, 0.1) is 0 Å². The van der Waals surface area contributed by atoms with Crippen molar-refractivity contribution in [2.75, 3.05) is 29.1 Å². The van der Waals surface area contributed by atoms with Crippen molar-refractivity contribution < 1.29 is 4.79 Å². The van der Waals surface area contributed by atoms with Gasteiger partial charge in [0.25, 0.3) is 11.5 Å². The van der Waals surface area contributed by atoms with Crippen LogP contribution >= 0.6 is 11.8 Å². The van der Waals surface area contributed by atoms with Gasteiger partial charge in [0.2, 0.25) is 0 Å². The number of thioether (sulfide) groups is 1. The first-order valence-corrected chi connectivity index (χ1v) is 9.60. The maximum atomic E-state index is 12.4. The molecule has 3 heterocycles. The number of aromatic nitrogens is 2. The number of rotatable bonds is 3. The monoisotopic (exact) mass is 356 g/mol. The second kappa shape index (κ2) is 6.92. The van der Waals surface area contributed by atoms with E-state index in [1.165, 1.54) is 42.9 Å². The van der Waals surface area contributed by atoms with Crippen molar-refractivity contribution in [2.24, 2.45) is 0 Å². The summed E-state index contributed by atoms with van der Waals surface area (Å²) >= 11 is 1.54. The number of piperidine rings is 1. The summed E-state index contributed by atoms with van der Waals surface area (Å²) in [5, 5.41) is 3.49. The van der Waals surface area contributed by atoms with Crippen LogP contribution in [0.3, 0.4) is 0 Å². The van der Waals surface area contributed by atoms with Gasteiger partial charge in [-0.1, -0.05) is 11.8 Å². The minimum absolute atomic E-state index is 0.0892. The van der Waals surface area contributed by atoms with E-state index in [0.29, 0.717) is 17.4 Å². The van der Waals surface area contributed by atoms with E-state index >= 15 is 0 Å². The number of anilines is 2. The van der Waals surface area contributed by atoms with Crippen molar-refractivity contribution in [1.82, 2.24) is 9.55 Å². The highest BCUT2D eigenvalue weighted by Crippen LogP contribution is 2.23. The van der Waals surface area contributed by atoms with E-state index in [2.05, 4.69) is 15.2 Å². The first-order chi connectivity index (χ1) is 12.2. The topological polar surface area (TPSA) is 67.2 Å². The summed E-state index contributed by atoms with van der Waals surface area (Å²) < 4.78 is 1.57. The molecule has 0 atom stereocenters. The van der Waals surface area contributed by atoms with Gasteiger partial charge in [0.1, 0.15) is 5.56 Å². The molecule has 0 unspecified atom stereocenters. The average Bonchev–Trinajstić information content (AvgIpc) is 3.13. The van der Waals surface area contributed by atoms with Crippen LogP contribution in [0.15, 0.2) is 40.4 Å². The van der Waals surface area contributed by atoms with Gasteiger partial charge in [0, 0.05) is 43.0 Å². The third-order valence-corrected chi connectivity index (χ3v) is 5.62. The normalized spacial score (nSPS) is 16.6. The van der Waals surface area contributed by atoms with Gasteiger partial charge in [-0.2, -0.15) is 0 Å². The Bertz CT molecular complexity index is 841. The van der Waals surface area contributed by atoms with Crippen LogP contribution in [0.1, 0.15) is 29.6 Å². The minimum Gasteiger partial charge on any atom is -0.372 e. The molecule has 0 radical (unpaired) electrons. The largest absolute Gasteiger partial charge is 0.372 e. The summed E-state index contributed by atoms with van der Waals surface area (Å²) in [5.41, 5.74) is 1.68. The van der Waals surface area contributed by atoms with Crippen molar-refractivity contribution in [1.29, 1.82) is 0 Å². The Hall–Kier alpha value is -2.28. The third-order valence-electron chi connectivity index (χ3n) is 4.65. The quantitative estimate of drug-likeness (QED) is 0.856. The van der Waals surface area contributed by atoms with E-state index in [9.17, 15) is 9.59 Å². The Morgan fingerprint density at radius 1 is 1.08 bits per heavy atom. The number of fused-ring (bicyclic) bond motifs is 1. The van der Waals surface area contributed by atoms with Gasteiger partial charge in [0.05, 0.1) is 0 Å². The molecule has 0 aliphatic carbocycles. The molecular weight excluding hydrogens is 336 g/mol. The molecule has 130 valence electrons. The molecule has 1 amide bonds. The standard InChI is InChI=1S/C18H20N4O2S/c23-16(15-12-19-18-22(17(15)24)10-11-25-18)20-13-4-6-14(7-5-13)21-8-2-1-3-9-21/h4-7,12H,1-3,8-11H2,(H,20,23). The number of amides is 1. The molecule has 1 aromatic carbocycles. The molecule has 7 heteroatoms. The van der Waals surface area contributed by atoms with Gasteiger partial charge >= 0.3 is 0 Å². The van der Waals surface area contributed by atoms with E-state index in [4.69, 9.17) is 0 Å². The van der Waals surface area contributed by atoms with Crippen molar-refractivity contribution in [2.45, 2.75) is 31.0 Å². The van der Waals surface area contributed by atoms with Crippen molar-refractivity contribution >= 4 is 29.0 Å². The first-order valence-electron chi connectivity index (χ1n) is 8.61. The Labute approximate surface area is 150 Å². The lowest BCUT2D eigenvalue weighted by atomic mass is 10.1. The molecule has 6 nitrogen and oxygen atoms in total. The number of carbonyl (C=O) groups excluding carboxylic acids is 1. The molecular formula is C18H20N4O2S. The van der Waals surface area contributed by atoms with Crippen molar-refractivity contribution in [3.8, 4) is 0 Å². The summed E-state index contributed by atoms with van der Waals surface area (Å²) in [5.74, 6) is 0.418. The molecule has 2 aromatic rings. The van der Waals surface area contributed by atoms with Crippen LogP contribution in [-0.2, 0) is 6.54 Å². The predicted octanol–water partition coefficient (Wildman–Crippen LogP) is 2.59. The van der Waals surface area contributed by atoms with Crippen LogP contribution in [0.4, 0.5) is 11.4 Å². The third kappa shape index (κ3) is 3.28. The van der Waals surface area contributed by atoms with Crippen molar-refractivity contribution in [3.05, 3.63) is 46.4 Å². The number of benzene rings is 1. The van der Waals surface area contributed by atoms with Gasteiger partial charge in [-0.25, -0.2) is 4.98 Å². The lowest BCUT2D eigenvalue weighted by molar-refractivity contribution is 0.102. The van der Waals surface area contributed by atoms with E-state index in [-0.39, 0.29) is 11.1 Å². The molecule has 2 aliphatic rings. The highest BCUT2D eigenvalue weighted by atomic mass is 32.2. The number of nitrogens with one attached hydrogen (secondary N) is 1. The lowest BCUT2D eigenvalue weighted by Crippen LogP contribution is -2.30. The zero-order valence-electron chi connectivity index (χ0n) is 13.9. The Kier molecular flexibility index (Phi) is 4.48. The van der Waals surface area contributed by atoms with Crippen LogP contribution in [0.2, 0.25) is 0 Å². The van der Waals surface area contributed by atoms with E-state index < -0.39 is 5.91 Å². The summed E-state index contributed by atoms with van der Waals surface area (Å²) in [4.78, 5) is 31.4. The summed E-state index contributed by atoms with van der Waals surface area (Å²) in [6, 6.07) is 7.81. The molecule has 1 fully saturated rings. The Morgan fingerprint density at radius 2 is 1.84 bits per heavy atom. The minimum atomic E-state index is -0.407. The number of carbonyl (C=O) groups is 1. The van der Waals surface area contributed by atoms with Gasteiger partial charge in [-0.05, 0) is 43.5 Å². The van der Waals surface area contributed by atoms with Gasteiger partial charge in [-0.15, -0.1) is 0 Å². The second-order valence-electron chi connectivity index (χ2n) is 6.31. The molecule has 0 bridgehead atoms. The van der Waals surface area contributed by atoms with E-state index in [1.807, 2.05) is 24.3 Å². The molecule has 1 aromatic heterocycles. The van der Waals surface area contributed by atoms with Gasteiger partial charge in [-0.3, -0.25) is 14.2 Å². The molecule has 0 saturated carbocycles. The molecule has 2 aliphatic heterocycles. The number of nitrogens with zero attached hydrogens (tertiary/aromatic N) is 3. The van der Waals surface area contributed by atoms with Crippen LogP contribution in [-0.4, -0.2) is 34.3 Å². The SMILES string of the molecule is O=C(Nc1ccc(N2CCCCC2)cc1)c1cnc2n(c1=O)CCS2. The highest BCUT2D eigenvalue weighted by molar-refractivity contribution is 7.99. The molecule has 1 N–H and O–H groups in total. The fraction of sp³-hybridized carbons (Fsp3) is 0.389. The maximum absolute atomic E-state index is 12.4. The van der Waals surface area contributed by atoms with Crippen LogP contribution in [0.25, 0.3) is 0 Å². The highest BCUT2D eigenvalue weighted by Gasteiger charge is 2.20. The number of hydrogen-bond acceptors (Lipinski definition) is 5. The predicted molar refractivity (Wildman–Crippen MR) is 99.7 cm³/mol. The van der Waals surface area contributed by atoms with Crippen LogP contribution < -0.4 is 15.8 Å². The van der Waals surface area contributed by atoms with Crippen molar-refractivity contribution in [3.63, 3.8) is 0 Å². The Balaban J connectivity index is 1.49. The lowest BCUT2D eigenvalue weighted by Gasteiger charge is -2.28. The van der Waals surface area contributed by atoms with Gasteiger partial charge < -0.3 is 10.2 Å². The molecule has 4 rings (SSSR count).